The lowest BCUT2D eigenvalue weighted by molar-refractivity contribution is 0.102. The van der Waals surface area contributed by atoms with Crippen molar-refractivity contribution in [1.82, 2.24) is 19.2 Å². The maximum atomic E-state index is 12.8. The third-order valence-corrected chi connectivity index (χ3v) is 4.30. The number of nitrogens with one attached hydrogen (secondary N) is 1. The van der Waals surface area contributed by atoms with Crippen molar-refractivity contribution in [3.8, 4) is 0 Å². The zero-order chi connectivity index (χ0) is 18.3. The minimum Gasteiger partial charge on any atom is -0.332 e. The number of carbonyl (C=O) groups is 1. The molecule has 130 valence electrons. The van der Waals surface area contributed by atoms with Crippen LogP contribution in [0.5, 0.6) is 0 Å². The van der Waals surface area contributed by atoms with Gasteiger partial charge in [-0.2, -0.15) is 5.10 Å². The first kappa shape index (κ1) is 16.0. The summed E-state index contributed by atoms with van der Waals surface area (Å²) in [6.45, 7) is 4.43. The van der Waals surface area contributed by atoms with Gasteiger partial charge in [-0.15, -0.1) is 0 Å². The molecule has 0 saturated carbocycles. The summed E-state index contributed by atoms with van der Waals surface area (Å²) >= 11 is 0. The Morgan fingerprint density at radius 2 is 2.08 bits per heavy atom. The summed E-state index contributed by atoms with van der Waals surface area (Å²) in [6, 6.07) is 8.88. The number of carbonyl (C=O) groups excluding carboxylic acids is 1. The maximum absolute atomic E-state index is 12.8. The maximum Gasteiger partial charge on any atom is 0.261 e. The highest BCUT2D eigenvalue weighted by Gasteiger charge is 2.16. The smallest absolute Gasteiger partial charge is 0.261 e. The average molecular weight is 347 g/mol. The number of rotatable bonds is 3. The lowest BCUT2D eigenvalue weighted by Crippen LogP contribution is -2.24. The largest absolute Gasteiger partial charge is 0.332 e. The third kappa shape index (κ3) is 2.63. The Morgan fingerprint density at radius 1 is 1.23 bits per heavy atom. The number of aryl methyl sites for hydroxylation is 2. The number of hydrogen-bond acceptors (Lipinski definition) is 4. The molecule has 0 aliphatic heterocycles. The van der Waals surface area contributed by atoms with Crippen molar-refractivity contribution < 1.29 is 4.79 Å². The molecule has 0 unspecified atom stereocenters. The summed E-state index contributed by atoms with van der Waals surface area (Å²) in [5, 5.41) is 7.35. The first-order valence-electron chi connectivity index (χ1n) is 8.32. The van der Waals surface area contributed by atoms with Gasteiger partial charge in [0.25, 0.3) is 5.91 Å². The lowest BCUT2D eigenvalue weighted by atomic mass is 10.1. The van der Waals surface area contributed by atoms with Crippen LogP contribution in [-0.2, 0) is 6.54 Å². The van der Waals surface area contributed by atoms with Crippen LogP contribution < -0.4 is 10.7 Å². The van der Waals surface area contributed by atoms with E-state index in [9.17, 15) is 9.59 Å². The van der Waals surface area contributed by atoms with Crippen LogP contribution in [0, 0.1) is 6.92 Å². The summed E-state index contributed by atoms with van der Waals surface area (Å²) in [4.78, 5) is 29.9. The summed E-state index contributed by atoms with van der Waals surface area (Å²) in [6.07, 6.45) is 5.01. The van der Waals surface area contributed by atoms with Gasteiger partial charge >= 0.3 is 0 Å². The van der Waals surface area contributed by atoms with Gasteiger partial charge in [0.15, 0.2) is 0 Å². The van der Waals surface area contributed by atoms with Crippen LogP contribution in [0.15, 0.2) is 53.7 Å². The molecule has 1 N–H and O–H groups in total. The van der Waals surface area contributed by atoms with E-state index >= 15 is 0 Å². The highest BCUT2D eigenvalue weighted by Crippen LogP contribution is 2.14. The second kappa shape index (κ2) is 6.11. The molecule has 0 spiro atoms. The molecule has 0 aliphatic carbocycles. The Hall–Kier alpha value is -3.48. The molecule has 0 radical (unpaired) electrons. The predicted molar refractivity (Wildman–Crippen MR) is 99.6 cm³/mol. The number of fused-ring (bicyclic) bond motifs is 2. The van der Waals surface area contributed by atoms with E-state index in [-0.39, 0.29) is 11.0 Å². The quantitative estimate of drug-likeness (QED) is 0.618. The Kier molecular flexibility index (Phi) is 3.76. The molecule has 7 heteroatoms. The van der Waals surface area contributed by atoms with Crippen LogP contribution in [-0.4, -0.2) is 25.1 Å². The van der Waals surface area contributed by atoms with Gasteiger partial charge in [-0.3, -0.25) is 9.59 Å². The van der Waals surface area contributed by atoms with Crippen molar-refractivity contribution in [3.63, 3.8) is 0 Å². The number of aromatic nitrogens is 4. The van der Waals surface area contributed by atoms with E-state index in [4.69, 9.17) is 0 Å². The van der Waals surface area contributed by atoms with Crippen LogP contribution in [0.1, 0.15) is 23.0 Å². The molecular weight excluding hydrogens is 330 g/mol. The molecule has 0 saturated heterocycles. The molecule has 7 nitrogen and oxygen atoms in total. The summed E-state index contributed by atoms with van der Waals surface area (Å²) in [5.74, 6) is -0.441. The van der Waals surface area contributed by atoms with Gasteiger partial charge in [0.05, 0.1) is 10.9 Å². The minimum atomic E-state index is -0.441. The van der Waals surface area contributed by atoms with Gasteiger partial charge in [-0.05, 0) is 44.2 Å². The van der Waals surface area contributed by atoms with Crippen molar-refractivity contribution in [2.75, 3.05) is 5.32 Å². The number of anilines is 1. The van der Waals surface area contributed by atoms with E-state index in [1.54, 1.807) is 47.4 Å². The molecule has 1 amide bonds. The van der Waals surface area contributed by atoms with Crippen LogP contribution in [0.3, 0.4) is 0 Å². The minimum absolute atomic E-state index is 0.0957. The molecule has 4 heterocycles. The molecule has 0 fully saturated rings. The fourth-order valence-corrected chi connectivity index (χ4v) is 2.96. The van der Waals surface area contributed by atoms with Crippen molar-refractivity contribution in [2.24, 2.45) is 0 Å². The van der Waals surface area contributed by atoms with E-state index in [2.05, 4.69) is 15.4 Å². The SMILES string of the molecule is CCn1cc(C(=O)Nc2ccn3nccc3c2)c(=O)c2ccc(C)nc21. The molecule has 0 aromatic carbocycles. The number of hydrogen-bond donors (Lipinski definition) is 1. The average Bonchev–Trinajstić information content (AvgIpc) is 3.09. The fraction of sp³-hybridized carbons (Fsp3) is 0.158. The number of amides is 1. The van der Waals surface area contributed by atoms with E-state index in [1.807, 2.05) is 24.5 Å². The predicted octanol–water partition coefficient (Wildman–Crippen LogP) is 2.62. The van der Waals surface area contributed by atoms with Crippen molar-refractivity contribution in [3.05, 3.63) is 70.4 Å². The van der Waals surface area contributed by atoms with Crippen LogP contribution in [0.4, 0.5) is 5.69 Å². The third-order valence-electron chi connectivity index (χ3n) is 4.30. The molecular formula is C19H17N5O2. The second-order valence-corrected chi connectivity index (χ2v) is 6.05. The second-order valence-electron chi connectivity index (χ2n) is 6.05. The molecule has 0 bridgehead atoms. The van der Waals surface area contributed by atoms with Gasteiger partial charge in [0, 0.05) is 36.5 Å². The van der Waals surface area contributed by atoms with Gasteiger partial charge in [-0.25, -0.2) is 9.50 Å². The summed E-state index contributed by atoms with van der Waals surface area (Å²) in [5.41, 5.74) is 2.65. The van der Waals surface area contributed by atoms with Crippen LogP contribution >= 0.6 is 0 Å². The van der Waals surface area contributed by atoms with E-state index in [0.717, 1.165) is 11.2 Å². The normalized spacial score (nSPS) is 11.2. The zero-order valence-electron chi connectivity index (χ0n) is 14.4. The lowest BCUT2D eigenvalue weighted by Gasteiger charge is -2.11. The van der Waals surface area contributed by atoms with Crippen molar-refractivity contribution in [2.45, 2.75) is 20.4 Å². The van der Waals surface area contributed by atoms with Crippen molar-refractivity contribution >= 4 is 28.1 Å². The highest BCUT2D eigenvalue weighted by molar-refractivity contribution is 6.05. The molecule has 0 aliphatic rings. The van der Waals surface area contributed by atoms with E-state index in [0.29, 0.717) is 23.3 Å². The van der Waals surface area contributed by atoms with Gasteiger partial charge in [-0.1, -0.05) is 0 Å². The number of pyridine rings is 3. The van der Waals surface area contributed by atoms with Crippen LogP contribution in [0.25, 0.3) is 16.6 Å². The molecule has 26 heavy (non-hydrogen) atoms. The monoisotopic (exact) mass is 347 g/mol. The Balaban J connectivity index is 1.77. The fourth-order valence-electron chi connectivity index (χ4n) is 2.96. The van der Waals surface area contributed by atoms with Crippen LogP contribution in [0.2, 0.25) is 0 Å². The molecule has 4 rings (SSSR count). The Labute approximate surface area is 148 Å². The van der Waals surface area contributed by atoms with Gasteiger partial charge in [0.2, 0.25) is 5.43 Å². The van der Waals surface area contributed by atoms with Gasteiger partial charge < -0.3 is 9.88 Å². The highest BCUT2D eigenvalue weighted by atomic mass is 16.2. The summed E-state index contributed by atoms with van der Waals surface area (Å²) < 4.78 is 3.52. The zero-order valence-corrected chi connectivity index (χ0v) is 14.4. The van der Waals surface area contributed by atoms with Crippen molar-refractivity contribution in [1.29, 1.82) is 0 Å². The number of nitrogens with zero attached hydrogens (tertiary/aromatic N) is 4. The summed E-state index contributed by atoms with van der Waals surface area (Å²) in [7, 11) is 0. The van der Waals surface area contributed by atoms with E-state index < -0.39 is 5.91 Å². The van der Waals surface area contributed by atoms with Gasteiger partial charge in [0.1, 0.15) is 11.2 Å². The first-order chi connectivity index (χ1) is 12.6. The Bertz CT molecular complexity index is 1210. The van der Waals surface area contributed by atoms with E-state index in [1.165, 1.54) is 0 Å². The molecule has 4 aromatic rings. The standard InChI is InChI=1S/C19H17N5O2/c1-3-23-11-16(17(25)15-5-4-12(2)21-18(15)23)19(26)22-13-7-9-24-14(10-13)6-8-20-24/h4-11H,3H2,1-2H3,(H,22,26). The molecule has 0 atom stereocenters. The first-order valence-corrected chi connectivity index (χ1v) is 8.32. The Morgan fingerprint density at radius 3 is 2.88 bits per heavy atom. The molecule has 4 aromatic heterocycles. The topological polar surface area (TPSA) is 81.3 Å².